The van der Waals surface area contributed by atoms with Gasteiger partial charge in [-0.2, -0.15) is 4.91 Å². The van der Waals surface area contributed by atoms with Crippen LogP contribution in [0.2, 0.25) is 0 Å². The van der Waals surface area contributed by atoms with Crippen LogP contribution in [0.3, 0.4) is 0 Å². The van der Waals surface area contributed by atoms with Gasteiger partial charge in [-0.25, -0.2) is 5.84 Å². The van der Waals surface area contributed by atoms with Crippen LogP contribution in [0.1, 0.15) is 46.0 Å². The second kappa shape index (κ2) is 20.1. The number of amides is 1. The minimum absolute atomic E-state index is 0.0687. The van der Waals surface area contributed by atoms with Crippen molar-refractivity contribution >= 4 is 11.9 Å². The molecule has 0 atom stereocenters. The van der Waals surface area contributed by atoms with Crippen molar-refractivity contribution in [1.29, 1.82) is 0 Å². The summed E-state index contributed by atoms with van der Waals surface area (Å²) in [5.74, 6) is 4.87. The highest BCUT2D eigenvalue weighted by atomic mass is 16.5. The first-order valence-corrected chi connectivity index (χ1v) is 11.3. The molecule has 0 rings (SSSR count). The summed E-state index contributed by atoms with van der Waals surface area (Å²) in [6.45, 7) is 6.33. The first kappa shape index (κ1) is 31.7. The minimum Gasteiger partial charge on any atom is -0.481 e. The van der Waals surface area contributed by atoms with Crippen LogP contribution in [0.15, 0.2) is 17.1 Å². The van der Waals surface area contributed by atoms with Crippen molar-refractivity contribution in [3.63, 3.8) is 0 Å². The third-order valence-corrected chi connectivity index (χ3v) is 4.23. The van der Waals surface area contributed by atoms with Gasteiger partial charge in [0.1, 0.15) is 12.3 Å². The third kappa shape index (κ3) is 21.5. The molecule has 198 valence electrons. The molecule has 34 heavy (non-hydrogen) atoms. The second-order valence-corrected chi connectivity index (χ2v) is 7.93. The molecule has 0 aromatic heterocycles. The Morgan fingerprint density at radius 3 is 2.21 bits per heavy atom. The largest absolute Gasteiger partial charge is 0.481 e. The van der Waals surface area contributed by atoms with Crippen LogP contribution in [0, 0.1) is 4.91 Å². The topological polar surface area (TPSA) is 188 Å². The molecule has 0 saturated heterocycles. The van der Waals surface area contributed by atoms with E-state index in [9.17, 15) is 14.5 Å². The quantitative estimate of drug-likeness (QED) is 0.0517. The smallest absolute Gasteiger partial charge is 0.303 e. The second-order valence-electron chi connectivity index (χ2n) is 7.93. The Hall–Kier alpha value is -2.32. The summed E-state index contributed by atoms with van der Waals surface area (Å²) in [4.78, 5) is 32.4. The molecule has 0 radical (unpaired) electrons. The number of aliphatic carboxylic acids is 1. The van der Waals surface area contributed by atoms with Crippen LogP contribution in [-0.4, -0.2) is 87.1 Å². The Bertz CT molecular complexity index is 604. The Morgan fingerprint density at radius 2 is 1.59 bits per heavy atom. The van der Waals surface area contributed by atoms with E-state index in [1.807, 2.05) is 0 Å². The fraction of sp³-hybridized carbons (Fsp3) is 0.810. The van der Waals surface area contributed by atoms with Crippen molar-refractivity contribution in [3.05, 3.63) is 16.8 Å². The van der Waals surface area contributed by atoms with Gasteiger partial charge in [0, 0.05) is 19.0 Å². The Balaban J connectivity index is 3.87. The van der Waals surface area contributed by atoms with Gasteiger partial charge in [0.15, 0.2) is 0 Å². The number of carboxylic acid groups (broad SMARTS) is 1. The number of hydrogen-bond donors (Lipinski definition) is 4. The molecule has 13 heteroatoms. The highest BCUT2D eigenvalue weighted by molar-refractivity contribution is 5.76. The van der Waals surface area contributed by atoms with Gasteiger partial charge < -0.3 is 40.1 Å². The normalized spacial score (nSPS) is 11.9. The molecule has 0 aromatic rings. The molecule has 0 saturated carbocycles. The van der Waals surface area contributed by atoms with Crippen LogP contribution in [0.25, 0.3) is 0 Å². The van der Waals surface area contributed by atoms with Gasteiger partial charge in [-0.1, -0.05) is 11.6 Å². The average Bonchev–Trinajstić information content (AvgIpc) is 2.75. The summed E-state index contributed by atoms with van der Waals surface area (Å²) in [6, 6.07) is 0. The minimum atomic E-state index is -0.921. The maximum absolute atomic E-state index is 12.0. The number of nitrogens with zero attached hydrogens (tertiary/aromatic N) is 2. The van der Waals surface area contributed by atoms with Crippen LogP contribution < -0.4 is 16.9 Å². The fourth-order valence-electron chi connectivity index (χ4n) is 2.57. The number of rotatable bonds is 23. The van der Waals surface area contributed by atoms with Crippen molar-refractivity contribution in [1.82, 2.24) is 10.3 Å². The van der Waals surface area contributed by atoms with Gasteiger partial charge in [0.2, 0.25) is 5.91 Å². The number of hydrazine groups is 1. The van der Waals surface area contributed by atoms with E-state index in [1.165, 1.54) is 11.2 Å². The van der Waals surface area contributed by atoms with Gasteiger partial charge in [-0.3, -0.25) is 9.59 Å². The predicted molar refractivity (Wildman–Crippen MR) is 125 cm³/mol. The highest BCUT2D eigenvalue weighted by Gasteiger charge is 2.21. The summed E-state index contributed by atoms with van der Waals surface area (Å²) in [6.07, 6.45) is 3.78. The number of nitroso groups, excluding NO2 is 1. The monoisotopic (exact) mass is 491 g/mol. The molecule has 0 fully saturated rings. The van der Waals surface area contributed by atoms with Crippen LogP contribution in [0.4, 0.5) is 0 Å². The third-order valence-electron chi connectivity index (χ3n) is 4.23. The molecule has 0 aliphatic carbocycles. The van der Waals surface area contributed by atoms with Crippen LogP contribution in [-0.2, 0) is 28.5 Å². The Morgan fingerprint density at radius 1 is 1.00 bits per heavy atom. The maximum Gasteiger partial charge on any atom is 0.303 e. The SMILES string of the molecule is CC(C)(NC(=O)CCCCCC(=O)O)OC/C(N)=C/N(N)CCOCCOCCOCCN=O. The van der Waals surface area contributed by atoms with Gasteiger partial charge in [0.25, 0.3) is 0 Å². The molecule has 1 amide bonds. The van der Waals surface area contributed by atoms with Crippen molar-refractivity contribution in [3.8, 4) is 0 Å². The van der Waals surface area contributed by atoms with Gasteiger partial charge in [-0.15, -0.1) is 0 Å². The lowest BCUT2D eigenvalue weighted by molar-refractivity contribution is -0.137. The number of carboxylic acids is 1. The number of hydrogen-bond acceptors (Lipinski definition) is 11. The lowest BCUT2D eigenvalue weighted by atomic mass is 10.1. The summed E-state index contributed by atoms with van der Waals surface area (Å²) in [5, 5.41) is 15.5. The van der Waals surface area contributed by atoms with Crippen molar-refractivity contribution < 1.29 is 33.6 Å². The summed E-state index contributed by atoms with van der Waals surface area (Å²) in [7, 11) is 0. The summed E-state index contributed by atoms with van der Waals surface area (Å²) >= 11 is 0. The van der Waals surface area contributed by atoms with Crippen molar-refractivity contribution in [2.24, 2.45) is 16.8 Å². The average molecular weight is 492 g/mol. The number of unbranched alkanes of at least 4 members (excludes halogenated alkanes) is 2. The maximum atomic E-state index is 12.0. The summed E-state index contributed by atoms with van der Waals surface area (Å²) < 4.78 is 21.5. The van der Waals surface area contributed by atoms with E-state index in [0.29, 0.717) is 77.6 Å². The molecule has 0 aliphatic rings. The van der Waals surface area contributed by atoms with E-state index in [-0.39, 0.29) is 25.5 Å². The molecule has 0 bridgehead atoms. The number of nitrogens with two attached hydrogens (primary N) is 2. The van der Waals surface area contributed by atoms with Crippen molar-refractivity contribution in [2.75, 3.05) is 59.3 Å². The van der Waals surface area contributed by atoms with E-state index < -0.39 is 11.7 Å². The molecule has 0 spiro atoms. The van der Waals surface area contributed by atoms with E-state index >= 15 is 0 Å². The number of carbonyl (C=O) groups is 2. The number of carbonyl (C=O) groups excluding carboxylic acids is 1. The fourth-order valence-corrected chi connectivity index (χ4v) is 2.57. The number of ether oxygens (including phenoxy) is 4. The Labute approximate surface area is 201 Å². The zero-order valence-electron chi connectivity index (χ0n) is 20.3. The zero-order chi connectivity index (χ0) is 25.7. The Kier molecular flexibility index (Phi) is 18.7. The first-order chi connectivity index (χ1) is 16.2. The molecular weight excluding hydrogens is 450 g/mol. The standard InChI is InChI=1S/C21H41N5O8/c1-21(2,25-19(27)6-4-3-5-7-20(28)29)34-17-18(22)16-26(23)9-11-32-13-15-33-14-12-31-10-8-24-30/h16H,3-15,17,22-23H2,1-2H3,(H,25,27)(H,28,29)/b18-16-. The molecule has 13 nitrogen and oxygen atoms in total. The lowest BCUT2D eigenvalue weighted by Gasteiger charge is -2.27. The number of nitrogens with one attached hydrogen (secondary N) is 1. The molecule has 6 N–H and O–H groups in total. The van der Waals surface area contributed by atoms with Gasteiger partial charge in [0.05, 0.1) is 58.5 Å². The highest BCUT2D eigenvalue weighted by Crippen LogP contribution is 2.09. The molecule has 0 heterocycles. The van der Waals surface area contributed by atoms with Gasteiger partial charge in [-0.05, 0) is 26.7 Å². The zero-order valence-corrected chi connectivity index (χ0v) is 20.3. The van der Waals surface area contributed by atoms with Crippen LogP contribution >= 0.6 is 0 Å². The van der Waals surface area contributed by atoms with Crippen LogP contribution in [0.5, 0.6) is 0 Å². The predicted octanol–water partition coefficient (Wildman–Crippen LogP) is 0.682. The van der Waals surface area contributed by atoms with E-state index in [1.54, 1.807) is 13.8 Å². The molecule has 0 aliphatic heterocycles. The van der Waals surface area contributed by atoms with E-state index in [2.05, 4.69) is 10.5 Å². The molecule has 0 unspecified atom stereocenters. The van der Waals surface area contributed by atoms with E-state index in [4.69, 9.17) is 35.6 Å². The van der Waals surface area contributed by atoms with Gasteiger partial charge >= 0.3 is 5.97 Å². The van der Waals surface area contributed by atoms with E-state index in [0.717, 1.165) is 0 Å². The lowest BCUT2D eigenvalue weighted by Crippen LogP contribution is -2.46. The summed E-state index contributed by atoms with van der Waals surface area (Å²) in [5.41, 5.74) is 5.40. The molecule has 0 aromatic carbocycles. The van der Waals surface area contributed by atoms with Crippen molar-refractivity contribution in [2.45, 2.75) is 51.7 Å². The first-order valence-electron chi connectivity index (χ1n) is 11.3. The molecular formula is C21H41N5O8.